The fourth-order valence-electron chi connectivity index (χ4n) is 3.38. The van der Waals surface area contributed by atoms with E-state index < -0.39 is 6.36 Å². The van der Waals surface area contributed by atoms with Gasteiger partial charge in [-0.05, 0) is 43.1 Å². The molecule has 1 aromatic carbocycles. The molecule has 3 rings (SSSR count). The third-order valence-electron chi connectivity index (χ3n) is 4.46. The van der Waals surface area contributed by atoms with Crippen LogP contribution in [0.2, 0.25) is 0 Å². The predicted molar refractivity (Wildman–Crippen MR) is 88.0 cm³/mol. The van der Waals surface area contributed by atoms with Crippen LogP contribution in [0.4, 0.5) is 13.2 Å². The second-order valence-corrected chi connectivity index (χ2v) is 6.45. The summed E-state index contributed by atoms with van der Waals surface area (Å²) in [5.41, 5.74) is 1.83. The fourth-order valence-corrected chi connectivity index (χ4v) is 3.38. The van der Waals surface area contributed by atoms with E-state index in [0.717, 1.165) is 43.5 Å². The van der Waals surface area contributed by atoms with Crippen molar-refractivity contribution in [2.75, 3.05) is 6.54 Å². The smallest absolute Gasteiger partial charge is 0.406 e. The summed E-state index contributed by atoms with van der Waals surface area (Å²) in [6.07, 6.45) is 1.65. The Morgan fingerprint density at radius 2 is 2.04 bits per heavy atom. The van der Waals surface area contributed by atoms with Crippen molar-refractivity contribution >= 4 is 0 Å². The highest BCUT2D eigenvalue weighted by atomic mass is 19.4. The molecular formula is C18H22F3N3O. The first-order valence-electron chi connectivity index (χ1n) is 8.49. The van der Waals surface area contributed by atoms with Gasteiger partial charge in [-0.25, -0.2) is 0 Å². The number of rotatable bonds is 4. The number of ether oxygens (including phenoxy) is 1. The van der Waals surface area contributed by atoms with E-state index in [1.165, 1.54) is 12.1 Å². The summed E-state index contributed by atoms with van der Waals surface area (Å²) in [5, 5.41) is 4.54. The van der Waals surface area contributed by atoms with Gasteiger partial charge in [-0.15, -0.1) is 13.2 Å². The largest absolute Gasteiger partial charge is 0.573 e. The Balaban J connectivity index is 1.77. The zero-order valence-electron chi connectivity index (χ0n) is 14.2. The third kappa shape index (κ3) is 4.98. The number of alkyl halides is 3. The standard InChI is InChI=1S/C18H22F3N3O/c1-23-11-9-16(22-23)17-8-3-2-4-10-24(17)13-14-6-5-7-15(12-14)25-18(19,20)21/h5-7,9,11-12,17H,2-4,8,10,13H2,1H3. The van der Waals surface area contributed by atoms with Crippen molar-refractivity contribution in [3.63, 3.8) is 0 Å². The summed E-state index contributed by atoms with van der Waals surface area (Å²) in [4.78, 5) is 2.31. The Morgan fingerprint density at radius 3 is 2.76 bits per heavy atom. The number of halogens is 3. The van der Waals surface area contributed by atoms with Gasteiger partial charge in [0.05, 0.1) is 11.7 Å². The second kappa shape index (κ2) is 7.47. The lowest BCUT2D eigenvalue weighted by molar-refractivity contribution is -0.274. The Labute approximate surface area is 145 Å². The van der Waals surface area contributed by atoms with Crippen molar-refractivity contribution in [2.45, 2.75) is 44.6 Å². The molecule has 0 saturated carbocycles. The lowest BCUT2D eigenvalue weighted by atomic mass is 10.1. The predicted octanol–water partition coefficient (Wildman–Crippen LogP) is 4.44. The maximum atomic E-state index is 12.4. The number of aryl methyl sites for hydroxylation is 1. The van der Waals surface area contributed by atoms with Gasteiger partial charge in [0, 0.05) is 19.8 Å². The van der Waals surface area contributed by atoms with Crippen LogP contribution in [0, 0.1) is 0 Å². The summed E-state index contributed by atoms with van der Waals surface area (Å²) in [5.74, 6) is -0.172. The maximum Gasteiger partial charge on any atom is 0.573 e. The van der Waals surface area contributed by atoms with E-state index in [-0.39, 0.29) is 11.8 Å². The average molecular weight is 353 g/mol. The molecule has 1 aromatic heterocycles. The van der Waals surface area contributed by atoms with Crippen LogP contribution in [-0.2, 0) is 13.6 Å². The van der Waals surface area contributed by atoms with Gasteiger partial charge in [0.15, 0.2) is 0 Å². The lowest BCUT2D eigenvalue weighted by Gasteiger charge is -2.29. The van der Waals surface area contributed by atoms with E-state index >= 15 is 0 Å². The van der Waals surface area contributed by atoms with E-state index in [0.29, 0.717) is 6.54 Å². The minimum absolute atomic E-state index is 0.172. The van der Waals surface area contributed by atoms with Crippen LogP contribution in [0.1, 0.15) is 43.0 Å². The summed E-state index contributed by atoms with van der Waals surface area (Å²) >= 11 is 0. The first-order chi connectivity index (χ1) is 11.9. The van der Waals surface area contributed by atoms with E-state index in [1.807, 2.05) is 25.4 Å². The van der Waals surface area contributed by atoms with Gasteiger partial charge in [0.1, 0.15) is 5.75 Å². The highest BCUT2D eigenvalue weighted by Gasteiger charge is 2.31. The normalized spacial score (nSPS) is 19.6. The van der Waals surface area contributed by atoms with Crippen LogP contribution in [0.5, 0.6) is 5.75 Å². The molecule has 1 atom stereocenters. The van der Waals surface area contributed by atoms with Crippen LogP contribution in [-0.4, -0.2) is 27.6 Å². The van der Waals surface area contributed by atoms with E-state index in [4.69, 9.17) is 0 Å². The Morgan fingerprint density at radius 1 is 1.20 bits per heavy atom. The molecule has 1 fully saturated rings. The van der Waals surface area contributed by atoms with Crippen molar-refractivity contribution in [1.82, 2.24) is 14.7 Å². The Bertz CT molecular complexity index is 699. The van der Waals surface area contributed by atoms with E-state index in [2.05, 4.69) is 14.7 Å². The molecule has 2 heterocycles. The molecule has 25 heavy (non-hydrogen) atoms. The zero-order chi connectivity index (χ0) is 17.9. The van der Waals surface area contributed by atoms with Gasteiger partial charge in [0.25, 0.3) is 0 Å². The zero-order valence-corrected chi connectivity index (χ0v) is 14.2. The van der Waals surface area contributed by atoms with Crippen LogP contribution >= 0.6 is 0 Å². The molecule has 0 aliphatic carbocycles. The molecule has 0 N–H and O–H groups in total. The number of hydrogen-bond acceptors (Lipinski definition) is 3. The van der Waals surface area contributed by atoms with Crippen LogP contribution < -0.4 is 4.74 Å². The SMILES string of the molecule is Cn1ccc(C2CCCCCN2Cc2cccc(OC(F)(F)F)c2)n1. The third-order valence-corrected chi connectivity index (χ3v) is 4.46. The van der Waals surface area contributed by atoms with Gasteiger partial charge in [-0.3, -0.25) is 9.58 Å². The summed E-state index contributed by atoms with van der Waals surface area (Å²) in [7, 11) is 1.89. The summed E-state index contributed by atoms with van der Waals surface area (Å²) in [6.45, 7) is 1.49. The molecule has 1 aliphatic heterocycles. The average Bonchev–Trinajstić information content (AvgIpc) is 2.82. The molecule has 1 unspecified atom stereocenters. The Kier molecular flexibility index (Phi) is 5.32. The Hall–Kier alpha value is -2.02. The van der Waals surface area contributed by atoms with Gasteiger partial charge >= 0.3 is 6.36 Å². The van der Waals surface area contributed by atoms with E-state index in [9.17, 15) is 13.2 Å². The summed E-state index contributed by atoms with van der Waals surface area (Å²) < 4.78 is 43.1. The lowest BCUT2D eigenvalue weighted by Crippen LogP contribution is -2.28. The molecular weight excluding hydrogens is 331 g/mol. The molecule has 0 bridgehead atoms. The quantitative estimate of drug-likeness (QED) is 0.814. The van der Waals surface area contributed by atoms with Gasteiger partial charge < -0.3 is 4.74 Å². The van der Waals surface area contributed by atoms with Crippen molar-refractivity contribution in [1.29, 1.82) is 0 Å². The number of nitrogens with zero attached hydrogens (tertiary/aromatic N) is 3. The number of likely N-dealkylation sites (tertiary alicyclic amines) is 1. The number of benzene rings is 1. The van der Waals surface area contributed by atoms with E-state index in [1.54, 1.807) is 10.7 Å². The van der Waals surface area contributed by atoms with Gasteiger partial charge in [0.2, 0.25) is 0 Å². The summed E-state index contributed by atoms with van der Waals surface area (Å²) in [6, 6.07) is 8.44. The van der Waals surface area contributed by atoms with Crippen LogP contribution in [0.25, 0.3) is 0 Å². The molecule has 0 radical (unpaired) electrons. The number of aromatic nitrogens is 2. The first-order valence-corrected chi connectivity index (χ1v) is 8.49. The topological polar surface area (TPSA) is 30.3 Å². The van der Waals surface area contributed by atoms with Crippen molar-refractivity contribution in [2.24, 2.45) is 7.05 Å². The minimum atomic E-state index is -4.67. The minimum Gasteiger partial charge on any atom is -0.406 e. The first kappa shape index (κ1) is 17.8. The highest BCUT2D eigenvalue weighted by Crippen LogP contribution is 2.31. The van der Waals surface area contributed by atoms with Crippen molar-refractivity contribution in [3.05, 3.63) is 47.8 Å². The molecule has 0 amide bonds. The fraction of sp³-hybridized carbons (Fsp3) is 0.500. The van der Waals surface area contributed by atoms with Crippen molar-refractivity contribution in [3.8, 4) is 5.75 Å². The molecule has 1 saturated heterocycles. The van der Waals surface area contributed by atoms with Gasteiger partial charge in [-0.2, -0.15) is 5.10 Å². The highest BCUT2D eigenvalue weighted by molar-refractivity contribution is 5.29. The second-order valence-electron chi connectivity index (χ2n) is 6.45. The molecule has 2 aromatic rings. The van der Waals surface area contributed by atoms with Crippen LogP contribution in [0.15, 0.2) is 36.5 Å². The molecule has 1 aliphatic rings. The molecule has 136 valence electrons. The van der Waals surface area contributed by atoms with Crippen LogP contribution in [0.3, 0.4) is 0 Å². The number of hydrogen-bond donors (Lipinski definition) is 0. The maximum absolute atomic E-state index is 12.4. The monoisotopic (exact) mass is 353 g/mol. The molecule has 0 spiro atoms. The van der Waals surface area contributed by atoms with Gasteiger partial charge in [-0.1, -0.05) is 25.0 Å². The van der Waals surface area contributed by atoms with Crippen molar-refractivity contribution < 1.29 is 17.9 Å². The molecule has 7 heteroatoms. The molecule has 4 nitrogen and oxygen atoms in total.